The van der Waals surface area contributed by atoms with Crippen molar-refractivity contribution in [2.24, 2.45) is 0 Å². The fourth-order valence-corrected chi connectivity index (χ4v) is 0.827. The first-order chi connectivity index (χ1) is 6.40. The number of hydrogen-bond acceptors (Lipinski definition) is 3. The summed E-state index contributed by atoms with van der Waals surface area (Å²) in [6.45, 7) is 7.36. The van der Waals surface area contributed by atoms with E-state index in [9.17, 15) is 4.79 Å². The van der Waals surface area contributed by atoms with Gasteiger partial charge in [-0.2, -0.15) is 5.10 Å². The second-order valence-electron chi connectivity index (χ2n) is 4.07. The molecular weight excluding hydrogens is 182 g/mol. The van der Waals surface area contributed by atoms with E-state index in [1.807, 2.05) is 20.8 Å². The quantitative estimate of drug-likeness (QED) is 0.699. The molecular formula is C9H15N3O2. The van der Waals surface area contributed by atoms with Crippen LogP contribution in [0.5, 0.6) is 0 Å². The van der Waals surface area contributed by atoms with Gasteiger partial charge in [0.05, 0.1) is 11.8 Å². The lowest BCUT2D eigenvalue weighted by Crippen LogP contribution is -2.34. The van der Waals surface area contributed by atoms with E-state index >= 15 is 0 Å². The van der Waals surface area contributed by atoms with Gasteiger partial charge in [0.1, 0.15) is 5.69 Å². The normalized spacial score (nSPS) is 11.4. The molecule has 0 aliphatic rings. The molecule has 1 aromatic heterocycles. The summed E-state index contributed by atoms with van der Waals surface area (Å²) in [5.74, 6) is -0.310. The molecule has 5 heteroatoms. The van der Waals surface area contributed by atoms with Crippen LogP contribution in [0.25, 0.3) is 0 Å². The number of rotatable bonds is 2. The van der Waals surface area contributed by atoms with Crippen LogP contribution in [0.2, 0.25) is 0 Å². The highest BCUT2D eigenvalue weighted by Gasteiger charge is 2.15. The van der Waals surface area contributed by atoms with Gasteiger partial charge in [-0.1, -0.05) is 0 Å². The van der Waals surface area contributed by atoms with Crippen LogP contribution in [-0.2, 0) is 4.84 Å². The Morgan fingerprint density at radius 2 is 2.21 bits per heavy atom. The highest BCUT2D eigenvalue weighted by atomic mass is 16.7. The Bertz CT molecular complexity index is 325. The minimum absolute atomic E-state index is 0.310. The standard InChI is InChI=1S/C9H15N3O2/c1-6-5-10-11-7(6)8(13)12-14-9(2,3)4/h5H,1-4H3,(H,10,11)(H,12,13). The van der Waals surface area contributed by atoms with E-state index < -0.39 is 5.60 Å². The van der Waals surface area contributed by atoms with Crippen molar-refractivity contribution in [3.8, 4) is 0 Å². The molecule has 1 amide bonds. The molecule has 1 rings (SSSR count). The van der Waals surface area contributed by atoms with Crippen LogP contribution in [0.3, 0.4) is 0 Å². The molecule has 2 N–H and O–H groups in total. The van der Waals surface area contributed by atoms with Crippen LogP contribution in [0.15, 0.2) is 6.20 Å². The summed E-state index contributed by atoms with van der Waals surface area (Å²) >= 11 is 0. The molecule has 0 radical (unpaired) electrons. The van der Waals surface area contributed by atoms with Crippen LogP contribution in [-0.4, -0.2) is 21.7 Å². The summed E-state index contributed by atoms with van der Waals surface area (Å²) in [4.78, 5) is 16.6. The molecule has 0 aromatic carbocycles. The predicted molar refractivity (Wildman–Crippen MR) is 51.6 cm³/mol. The monoisotopic (exact) mass is 197 g/mol. The van der Waals surface area contributed by atoms with Crippen molar-refractivity contribution in [1.82, 2.24) is 15.7 Å². The maximum atomic E-state index is 11.5. The number of hydroxylamine groups is 1. The molecule has 0 aliphatic carbocycles. The van der Waals surface area contributed by atoms with E-state index in [1.165, 1.54) is 0 Å². The number of aryl methyl sites for hydroxylation is 1. The number of aromatic amines is 1. The molecule has 1 heterocycles. The number of nitrogens with one attached hydrogen (secondary N) is 2. The first kappa shape index (κ1) is 10.7. The molecule has 14 heavy (non-hydrogen) atoms. The van der Waals surface area contributed by atoms with Crippen LogP contribution in [0.1, 0.15) is 36.8 Å². The van der Waals surface area contributed by atoms with Gasteiger partial charge in [0, 0.05) is 0 Å². The van der Waals surface area contributed by atoms with Crippen molar-refractivity contribution in [3.63, 3.8) is 0 Å². The molecule has 0 unspecified atom stereocenters. The highest BCUT2D eigenvalue weighted by molar-refractivity contribution is 5.92. The second-order valence-corrected chi connectivity index (χ2v) is 4.07. The lowest BCUT2D eigenvalue weighted by molar-refractivity contribution is -0.0591. The van der Waals surface area contributed by atoms with Crippen molar-refractivity contribution in [2.45, 2.75) is 33.3 Å². The zero-order valence-electron chi connectivity index (χ0n) is 8.84. The van der Waals surface area contributed by atoms with Gasteiger partial charge in [-0.15, -0.1) is 0 Å². The minimum atomic E-state index is -0.399. The Morgan fingerprint density at radius 1 is 1.57 bits per heavy atom. The molecule has 78 valence electrons. The van der Waals surface area contributed by atoms with Gasteiger partial charge in [-0.25, -0.2) is 5.48 Å². The summed E-state index contributed by atoms with van der Waals surface area (Å²) < 4.78 is 0. The number of hydrogen-bond donors (Lipinski definition) is 2. The van der Waals surface area contributed by atoms with E-state index in [1.54, 1.807) is 13.1 Å². The fourth-order valence-electron chi connectivity index (χ4n) is 0.827. The smallest absolute Gasteiger partial charge is 0.273 e. The zero-order chi connectivity index (χ0) is 10.8. The molecule has 5 nitrogen and oxygen atoms in total. The second kappa shape index (κ2) is 3.79. The van der Waals surface area contributed by atoms with Gasteiger partial charge in [0.15, 0.2) is 0 Å². The Labute approximate surface area is 82.8 Å². The molecule has 0 aliphatic heterocycles. The van der Waals surface area contributed by atoms with Crippen molar-refractivity contribution < 1.29 is 9.63 Å². The van der Waals surface area contributed by atoms with Crippen LogP contribution in [0.4, 0.5) is 0 Å². The van der Waals surface area contributed by atoms with Gasteiger partial charge in [0.25, 0.3) is 5.91 Å². The van der Waals surface area contributed by atoms with E-state index in [0.29, 0.717) is 5.69 Å². The van der Waals surface area contributed by atoms with E-state index in [0.717, 1.165) is 5.56 Å². The molecule has 0 atom stereocenters. The van der Waals surface area contributed by atoms with Crippen molar-refractivity contribution in [1.29, 1.82) is 0 Å². The Kier molecular flexibility index (Phi) is 2.90. The first-order valence-electron chi connectivity index (χ1n) is 4.38. The van der Waals surface area contributed by atoms with Gasteiger partial charge in [0.2, 0.25) is 0 Å². The van der Waals surface area contributed by atoms with Gasteiger partial charge in [-0.05, 0) is 33.3 Å². The average Bonchev–Trinajstić information content (AvgIpc) is 2.46. The Balaban J connectivity index is 2.56. The van der Waals surface area contributed by atoms with Gasteiger partial charge < -0.3 is 0 Å². The Hall–Kier alpha value is -1.36. The maximum absolute atomic E-state index is 11.5. The summed E-state index contributed by atoms with van der Waals surface area (Å²) in [5, 5.41) is 6.35. The van der Waals surface area contributed by atoms with Crippen molar-refractivity contribution in [2.75, 3.05) is 0 Å². The van der Waals surface area contributed by atoms with E-state index in [2.05, 4.69) is 15.7 Å². The molecule has 0 saturated carbocycles. The number of amides is 1. The summed E-state index contributed by atoms with van der Waals surface area (Å²) in [7, 11) is 0. The molecule has 1 aromatic rings. The van der Waals surface area contributed by atoms with Crippen molar-refractivity contribution in [3.05, 3.63) is 17.5 Å². The maximum Gasteiger partial charge on any atom is 0.293 e. The molecule has 0 saturated heterocycles. The molecule has 0 bridgehead atoms. The minimum Gasteiger partial charge on any atom is -0.273 e. The van der Waals surface area contributed by atoms with Gasteiger partial charge >= 0.3 is 0 Å². The lowest BCUT2D eigenvalue weighted by atomic mass is 10.2. The summed E-state index contributed by atoms with van der Waals surface area (Å²) in [6.07, 6.45) is 1.59. The third-order valence-electron chi connectivity index (χ3n) is 1.51. The van der Waals surface area contributed by atoms with Crippen LogP contribution >= 0.6 is 0 Å². The first-order valence-corrected chi connectivity index (χ1v) is 4.38. The number of carbonyl (C=O) groups excluding carboxylic acids is 1. The SMILES string of the molecule is Cc1cn[nH]c1C(=O)NOC(C)(C)C. The third-order valence-corrected chi connectivity index (χ3v) is 1.51. The third kappa shape index (κ3) is 2.85. The van der Waals surface area contributed by atoms with Crippen LogP contribution < -0.4 is 5.48 Å². The highest BCUT2D eigenvalue weighted by Crippen LogP contribution is 2.06. The summed E-state index contributed by atoms with van der Waals surface area (Å²) in [6, 6.07) is 0. The largest absolute Gasteiger partial charge is 0.293 e. The number of nitrogens with zero attached hydrogens (tertiary/aromatic N) is 1. The lowest BCUT2D eigenvalue weighted by Gasteiger charge is -2.18. The van der Waals surface area contributed by atoms with E-state index in [4.69, 9.17) is 4.84 Å². The topological polar surface area (TPSA) is 67.0 Å². The van der Waals surface area contributed by atoms with Crippen molar-refractivity contribution >= 4 is 5.91 Å². The molecule has 0 fully saturated rings. The summed E-state index contributed by atoms with van der Waals surface area (Å²) in [5.41, 5.74) is 3.17. The average molecular weight is 197 g/mol. The van der Waals surface area contributed by atoms with Crippen LogP contribution in [0, 0.1) is 6.92 Å². The number of aromatic nitrogens is 2. The number of H-pyrrole nitrogens is 1. The Morgan fingerprint density at radius 3 is 2.64 bits per heavy atom. The number of carbonyl (C=O) groups is 1. The fraction of sp³-hybridized carbons (Fsp3) is 0.556. The zero-order valence-corrected chi connectivity index (χ0v) is 8.84. The molecule has 0 spiro atoms. The predicted octanol–water partition coefficient (Wildman–Crippen LogP) is 1.18. The van der Waals surface area contributed by atoms with E-state index in [-0.39, 0.29) is 5.91 Å². The van der Waals surface area contributed by atoms with Gasteiger partial charge in [-0.3, -0.25) is 14.7 Å².